The van der Waals surface area contributed by atoms with Crippen LogP contribution in [0.4, 0.5) is 4.39 Å². The van der Waals surface area contributed by atoms with Gasteiger partial charge in [-0.2, -0.15) is 0 Å². The Morgan fingerprint density at radius 3 is 2.57 bits per heavy atom. The number of rotatable bonds is 8. The molecule has 0 radical (unpaired) electrons. The van der Waals surface area contributed by atoms with Crippen molar-refractivity contribution in [2.75, 3.05) is 0 Å². The third kappa shape index (κ3) is 5.17. The van der Waals surface area contributed by atoms with Gasteiger partial charge in [-0.3, -0.25) is 0 Å². The second kappa shape index (κ2) is 9.48. The van der Waals surface area contributed by atoms with Crippen LogP contribution in [0.1, 0.15) is 37.3 Å². The van der Waals surface area contributed by atoms with E-state index < -0.39 is 0 Å². The van der Waals surface area contributed by atoms with E-state index in [4.69, 9.17) is 0 Å². The third-order valence-electron chi connectivity index (χ3n) is 4.89. The summed E-state index contributed by atoms with van der Waals surface area (Å²) < 4.78 is 14.5. The van der Waals surface area contributed by atoms with Gasteiger partial charge < -0.3 is 5.11 Å². The smallest absolute Gasteiger partial charge is 0.131 e. The van der Waals surface area contributed by atoms with Crippen molar-refractivity contribution in [2.24, 2.45) is 0 Å². The lowest BCUT2D eigenvalue weighted by Crippen LogP contribution is -1.97. The molecule has 0 aromatic heterocycles. The molecule has 1 atom stereocenters. The molecule has 3 aromatic rings. The Morgan fingerprint density at radius 2 is 1.82 bits per heavy atom. The summed E-state index contributed by atoms with van der Waals surface area (Å²) in [5.41, 5.74) is 3.59. The largest absolute Gasteiger partial charge is 0.393 e. The lowest BCUT2D eigenvalue weighted by molar-refractivity contribution is 0.182. The van der Waals surface area contributed by atoms with E-state index in [-0.39, 0.29) is 11.9 Å². The summed E-state index contributed by atoms with van der Waals surface area (Å²) >= 11 is 0. The number of hydrogen-bond acceptors (Lipinski definition) is 1. The molecule has 0 saturated heterocycles. The molecular formula is C26H27FO. The minimum atomic E-state index is -0.230. The van der Waals surface area contributed by atoms with Crippen LogP contribution in [0.5, 0.6) is 0 Å². The van der Waals surface area contributed by atoms with Crippen LogP contribution in [0, 0.1) is 5.82 Å². The maximum Gasteiger partial charge on any atom is 0.131 e. The number of fused-ring (bicyclic) bond motifs is 1. The summed E-state index contributed by atoms with van der Waals surface area (Å²) in [5.74, 6) is -0.199. The highest BCUT2D eigenvalue weighted by molar-refractivity contribution is 5.89. The fourth-order valence-corrected chi connectivity index (χ4v) is 3.37. The predicted molar refractivity (Wildman–Crippen MR) is 118 cm³/mol. The highest BCUT2D eigenvalue weighted by Crippen LogP contribution is 2.28. The Labute approximate surface area is 166 Å². The molecule has 2 heteroatoms. The van der Waals surface area contributed by atoms with Gasteiger partial charge in [-0.15, -0.1) is 6.58 Å². The first-order chi connectivity index (χ1) is 13.6. The zero-order valence-corrected chi connectivity index (χ0v) is 16.4. The quantitative estimate of drug-likeness (QED) is 0.334. The first kappa shape index (κ1) is 20.0. The van der Waals surface area contributed by atoms with Crippen molar-refractivity contribution in [1.29, 1.82) is 0 Å². The Hall–Kier alpha value is -2.71. The van der Waals surface area contributed by atoms with Gasteiger partial charge in [0.25, 0.3) is 0 Å². The number of aliphatic hydroxyl groups excluding tert-OH is 1. The standard InChI is InChI=1S/C26H27FO/c1-3-7-20-11-15-25(26(27)17-20)24-14-13-22-16-21(10-12-23(22)18-24)9-6-4-5-8-19(2)28/h3,6,9-19,28H,1,4-5,7-8H2,2H3/b9-6+. The first-order valence-electron chi connectivity index (χ1n) is 9.85. The molecule has 1 nitrogen and oxygen atoms in total. The number of benzene rings is 3. The van der Waals surface area contributed by atoms with E-state index in [0.29, 0.717) is 12.0 Å². The lowest BCUT2D eigenvalue weighted by Gasteiger charge is -2.08. The van der Waals surface area contributed by atoms with Crippen LogP contribution in [-0.2, 0) is 6.42 Å². The molecule has 1 N–H and O–H groups in total. The number of aliphatic hydroxyl groups is 1. The van der Waals surface area contributed by atoms with Gasteiger partial charge in [0.05, 0.1) is 6.10 Å². The van der Waals surface area contributed by atoms with E-state index in [1.54, 1.807) is 12.1 Å². The molecule has 28 heavy (non-hydrogen) atoms. The van der Waals surface area contributed by atoms with Gasteiger partial charge in [-0.05, 0) is 78.3 Å². The summed E-state index contributed by atoms with van der Waals surface area (Å²) in [6, 6.07) is 17.8. The number of unbranched alkanes of at least 4 members (excludes halogenated alkanes) is 1. The summed E-state index contributed by atoms with van der Waals surface area (Å²) in [6.07, 6.45) is 9.27. The molecule has 0 aliphatic heterocycles. The zero-order chi connectivity index (χ0) is 19.9. The lowest BCUT2D eigenvalue weighted by atomic mass is 9.98. The van der Waals surface area contributed by atoms with E-state index in [2.05, 4.69) is 36.9 Å². The van der Waals surface area contributed by atoms with Crippen LogP contribution in [0.25, 0.3) is 28.0 Å². The normalized spacial score (nSPS) is 12.5. The predicted octanol–water partition coefficient (Wildman–Crippen LogP) is 6.94. The Kier molecular flexibility index (Phi) is 6.78. The average Bonchev–Trinajstić information content (AvgIpc) is 2.67. The first-order valence-corrected chi connectivity index (χ1v) is 9.85. The van der Waals surface area contributed by atoms with Crippen LogP contribution >= 0.6 is 0 Å². The average molecular weight is 374 g/mol. The Bertz CT molecular complexity index is 985. The van der Waals surface area contributed by atoms with Gasteiger partial charge in [0.1, 0.15) is 5.82 Å². The van der Waals surface area contributed by atoms with Gasteiger partial charge in [0.2, 0.25) is 0 Å². The number of allylic oxidation sites excluding steroid dienone is 2. The molecule has 0 fully saturated rings. The summed E-state index contributed by atoms with van der Waals surface area (Å²) in [7, 11) is 0. The fraction of sp³-hybridized carbons (Fsp3) is 0.231. The van der Waals surface area contributed by atoms with Crippen molar-refractivity contribution < 1.29 is 9.50 Å². The van der Waals surface area contributed by atoms with Crippen molar-refractivity contribution in [1.82, 2.24) is 0 Å². The van der Waals surface area contributed by atoms with Crippen LogP contribution < -0.4 is 0 Å². The highest BCUT2D eigenvalue weighted by Gasteiger charge is 2.07. The van der Waals surface area contributed by atoms with Crippen molar-refractivity contribution >= 4 is 16.8 Å². The van der Waals surface area contributed by atoms with Crippen molar-refractivity contribution in [3.8, 4) is 11.1 Å². The molecule has 0 spiro atoms. The number of hydrogen-bond donors (Lipinski definition) is 1. The SMILES string of the molecule is C=CCc1ccc(-c2ccc3cc(/C=C/CCCC(C)O)ccc3c2)c(F)c1. The molecule has 144 valence electrons. The van der Waals surface area contributed by atoms with Crippen molar-refractivity contribution in [2.45, 2.75) is 38.7 Å². The monoisotopic (exact) mass is 374 g/mol. The molecule has 0 bridgehead atoms. The summed E-state index contributed by atoms with van der Waals surface area (Å²) in [5, 5.41) is 11.5. The van der Waals surface area contributed by atoms with E-state index in [1.807, 2.05) is 37.3 Å². The Morgan fingerprint density at radius 1 is 1.04 bits per heavy atom. The molecular weight excluding hydrogens is 347 g/mol. The van der Waals surface area contributed by atoms with Gasteiger partial charge in [-0.1, -0.05) is 54.6 Å². The van der Waals surface area contributed by atoms with Crippen LogP contribution in [-0.4, -0.2) is 11.2 Å². The van der Waals surface area contributed by atoms with Crippen LogP contribution in [0.15, 0.2) is 73.3 Å². The van der Waals surface area contributed by atoms with Gasteiger partial charge >= 0.3 is 0 Å². The summed E-state index contributed by atoms with van der Waals surface area (Å²) in [4.78, 5) is 0. The fourth-order valence-electron chi connectivity index (χ4n) is 3.37. The van der Waals surface area contributed by atoms with E-state index >= 15 is 0 Å². The van der Waals surface area contributed by atoms with E-state index in [9.17, 15) is 9.50 Å². The van der Waals surface area contributed by atoms with Gasteiger partial charge in [0.15, 0.2) is 0 Å². The van der Waals surface area contributed by atoms with Crippen LogP contribution in [0.3, 0.4) is 0 Å². The molecule has 0 heterocycles. The van der Waals surface area contributed by atoms with Gasteiger partial charge in [-0.25, -0.2) is 4.39 Å². The molecule has 0 aliphatic rings. The second-order valence-corrected chi connectivity index (χ2v) is 7.31. The molecule has 0 saturated carbocycles. The third-order valence-corrected chi connectivity index (χ3v) is 4.89. The molecule has 0 amide bonds. The molecule has 3 rings (SSSR count). The highest BCUT2D eigenvalue weighted by atomic mass is 19.1. The maximum atomic E-state index is 14.5. The Balaban J connectivity index is 1.78. The van der Waals surface area contributed by atoms with E-state index in [0.717, 1.165) is 46.7 Å². The van der Waals surface area contributed by atoms with Crippen molar-refractivity contribution in [3.05, 3.63) is 90.3 Å². The maximum absolute atomic E-state index is 14.5. The minimum Gasteiger partial charge on any atom is -0.393 e. The molecule has 1 unspecified atom stereocenters. The van der Waals surface area contributed by atoms with Gasteiger partial charge in [0, 0.05) is 5.56 Å². The van der Waals surface area contributed by atoms with E-state index in [1.165, 1.54) is 0 Å². The molecule has 3 aromatic carbocycles. The zero-order valence-electron chi connectivity index (χ0n) is 16.4. The molecule has 0 aliphatic carbocycles. The van der Waals surface area contributed by atoms with Crippen LogP contribution in [0.2, 0.25) is 0 Å². The van der Waals surface area contributed by atoms with Crippen molar-refractivity contribution in [3.63, 3.8) is 0 Å². The summed E-state index contributed by atoms with van der Waals surface area (Å²) in [6.45, 7) is 5.53. The number of halogens is 1. The topological polar surface area (TPSA) is 20.2 Å². The second-order valence-electron chi connectivity index (χ2n) is 7.31. The minimum absolute atomic E-state index is 0.199.